The Morgan fingerprint density at radius 1 is 1.22 bits per heavy atom. The summed E-state index contributed by atoms with van der Waals surface area (Å²) in [5.41, 5.74) is 0. The molecule has 2 aliphatic rings. The van der Waals surface area contributed by atoms with E-state index in [0.717, 1.165) is 6.42 Å². The summed E-state index contributed by atoms with van der Waals surface area (Å²) in [6.07, 6.45) is 6.13. The van der Waals surface area contributed by atoms with Gasteiger partial charge in [-0.05, 0) is 12.3 Å². The molecule has 1 aliphatic heterocycles. The number of carboxylic acid groups (broad SMARTS) is 1. The van der Waals surface area contributed by atoms with Gasteiger partial charge in [-0.25, -0.2) is 0 Å². The average Bonchev–Trinajstić information content (AvgIpc) is 3.04. The monoisotopic (exact) mass is 326 g/mol. The molecule has 0 radical (unpaired) electrons. The minimum atomic E-state index is -0.959. The van der Waals surface area contributed by atoms with Crippen LogP contribution in [0.4, 0.5) is 0 Å². The minimum Gasteiger partial charge on any atom is -0.481 e. The number of nitrogens with one attached hydrogen (secondary N) is 1. The van der Waals surface area contributed by atoms with Crippen LogP contribution in [0.25, 0.3) is 0 Å². The van der Waals surface area contributed by atoms with E-state index in [1.165, 1.54) is 30.6 Å². The third kappa shape index (κ3) is 5.82. The zero-order valence-corrected chi connectivity index (χ0v) is 13.5. The molecule has 0 aromatic carbocycles. The highest BCUT2D eigenvalue weighted by Crippen LogP contribution is 2.28. The summed E-state index contributed by atoms with van der Waals surface area (Å²) < 4.78 is 5.24. The van der Waals surface area contributed by atoms with Crippen molar-refractivity contribution >= 4 is 17.8 Å². The second-order valence-electron chi connectivity index (χ2n) is 6.38. The molecule has 1 saturated carbocycles. The number of amides is 2. The van der Waals surface area contributed by atoms with Gasteiger partial charge in [0, 0.05) is 13.0 Å². The van der Waals surface area contributed by atoms with Crippen LogP contribution in [0, 0.1) is 5.92 Å². The molecule has 130 valence electrons. The standard InChI is InChI=1S/C16H26N2O5/c19-14(6-5-12-3-1-2-4-12)17-10-15(20)18-7-8-23-11-13(18)9-16(21)22/h12-13H,1-11H2,(H,17,19)(H,21,22). The molecule has 2 N–H and O–H groups in total. The summed E-state index contributed by atoms with van der Waals surface area (Å²) >= 11 is 0. The normalized spacial score (nSPS) is 22.1. The molecule has 1 unspecified atom stereocenters. The molecular formula is C16H26N2O5. The first-order valence-corrected chi connectivity index (χ1v) is 8.42. The zero-order chi connectivity index (χ0) is 16.7. The van der Waals surface area contributed by atoms with Crippen LogP contribution < -0.4 is 5.32 Å². The first-order chi connectivity index (χ1) is 11.1. The molecule has 0 spiro atoms. The molecule has 1 heterocycles. The van der Waals surface area contributed by atoms with E-state index in [4.69, 9.17) is 9.84 Å². The van der Waals surface area contributed by atoms with E-state index in [-0.39, 0.29) is 31.4 Å². The Morgan fingerprint density at radius 3 is 2.65 bits per heavy atom. The van der Waals surface area contributed by atoms with Gasteiger partial charge in [0.25, 0.3) is 0 Å². The first kappa shape index (κ1) is 17.7. The SMILES string of the molecule is O=C(O)CC1COCCN1C(=O)CNC(=O)CCC1CCCC1. The van der Waals surface area contributed by atoms with Crippen molar-refractivity contribution in [1.29, 1.82) is 0 Å². The van der Waals surface area contributed by atoms with E-state index in [1.807, 2.05) is 0 Å². The number of hydrogen-bond donors (Lipinski definition) is 2. The summed E-state index contributed by atoms with van der Waals surface area (Å²) in [6, 6.07) is -0.454. The van der Waals surface area contributed by atoms with Gasteiger partial charge in [-0.15, -0.1) is 0 Å². The molecule has 7 nitrogen and oxygen atoms in total. The molecule has 0 bridgehead atoms. The lowest BCUT2D eigenvalue weighted by Gasteiger charge is -2.34. The van der Waals surface area contributed by atoms with E-state index in [0.29, 0.717) is 25.5 Å². The summed E-state index contributed by atoms with van der Waals surface area (Å²) in [4.78, 5) is 36.4. The fraction of sp³-hybridized carbons (Fsp3) is 0.812. The molecule has 1 atom stereocenters. The summed E-state index contributed by atoms with van der Waals surface area (Å²) in [5, 5.41) is 11.6. The van der Waals surface area contributed by atoms with Crippen molar-refractivity contribution in [2.75, 3.05) is 26.3 Å². The van der Waals surface area contributed by atoms with Gasteiger partial charge < -0.3 is 20.1 Å². The molecule has 0 aromatic rings. The van der Waals surface area contributed by atoms with Crippen molar-refractivity contribution in [3.63, 3.8) is 0 Å². The van der Waals surface area contributed by atoms with E-state index in [9.17, 15) is 14.4 Å². The molecule has 2 amide bonds. The van der Waals surface area contributed by atoms with Gasteiger partial charge in [-0.2, -0.15) is 0 Å². The lowest BCUT2D eigenvalue weighted by Crippen LogP contribution is -2.52. The van der Waals surface area contributed by atoms with Crippen molar-refractivity contribution in [3.05, 3.63) is 0 Å². The third-order valence-corrected chi connectivity index (χ3v) is 4.65. The smallest absolute Gasteiger partial charge is 0.305 e. The molecule has 7 heteroatoms. The van der Waals surface area contributed by atoms with Gasteiger partial charge in [0.15, 0.2) is 0 Å². The maximum absolute atomic E-state index is 12.2. The number of aliphatic carboxylic acids is 1. The van der Waals surface area contributed by atoms with Crippen LogP contribution in [0.15, 0.2) is 0 Å². The number of nitrogens with zero attached hydrogens (tertiary/aromatic N) is 1. The molecule has 2 fully saturated rings. The number of carbonyl (C=O) groups is 3. The van der Waals surface area contributed by atoms with Gasteiger partial charge in [0.05, 0.1) is 32.2 Å². The lowest BCUT2D eigenvalue weighted by atomic mass is 10.0. The lowest BCUT2D eigenvalue weighted by molar-refractivity contribution is -0.146. The number of carboxylic acids is 1. The van der Waals surface area contributed by atoms with Crippen molar-refractivity contribution in [3.8, 4) is 0 Å². The zero-order valence-electron chi connectivity index (χ0n) is 13.5. The van der Waals surface area contributed by atoms with E-state index >= 15 is 0 Å². The fourth-order valence-corrected chi connectivity index (χ4v) is 3.35. The predicted octanol–water partition coefficient (Wildman–Crippen LogP) is 0.775. The van der Waals surface area contributed by atoms with E-state index in [2.05, 4.69) is 5.32 Å². The van der Waals surface area contributed by atoms with Crippen LogP contribution >= 0.6 is 0 Å². The van der Waals surface area contributed by atoms with Gasteiger partial charge in [0.2, 0.25) is 11.8 Å². The number of morpholine rings is 1. The van der Waals surface area contributed by atoms with Gasteiger partial charge in [-0.3, -0.25) is 14.4 Å². The Labute approximate surface area is 136 Å². The average molecular weight is 326 g/mol. The molecule has 0 aromatic heterocycles. The number of hydrogen-bond acceptors (Lipinski definition) is 4. The Morgan fingerprint density at radius 2 is 1.96 bits per heavy atom. The van der Waals surface area contributed by atoms with Crippen LogP contribution in [0.2, 0.25) is 0 Å². The van der Waals surface area contributed by atoms with Gasteiger partial charge in [0.1, 0.15) is 0 Å². The highest BCUT2D eigenvalue weighted by molar-refractivity contribution is 5.85. The molecular weight excluding hydrogens is 300 g/mol. The Balaban J connectivity index is 1.71. The van der Waals surface area contributed by atoms with Gasteiger partial charge in [-0.1, -0.05) is 25.7 Å². The fourth-order valence-electron chi connectivity index (χ4n) is 3.35. The summed E-state index contributed by atoms with van der Waals surface area (Å²) in [6.45, 7) is 0.930. The second-order valence-corrected chi connectivity index (χ2v) is 6.38. The third-order valence-electron chi connectivity index (χ3n) is 4.65. The topological polar surface area (TPSA) is 95.9 Å². The molecule has 1 aliphatic carbocycles. The largest absolute Gasteiger partial charge is 0.481 e. The highest BCUT2D eigenvalue weighted by atomic mass is 16.5. The summed E-state index contributed by atoms with van der Waals surface area (Å²) in [7, 11) is 0. The number of carbonyl (C=O) groups excluding carboxylic acids is 2. The minimum absolute atomic E-state index is 0.0698. The number of rotatable bonds is 7. The maximum atomic E-state index is 12.2. The van der Waals surface area contributed by atoms with Crippen LogP contribution in [0.5, 0.6) is 0 Å². The van der Waals surface area contributed by atoms with Crippen LogP contribution in [-0.4, -0.2) is 60.1 Å². The summed E-state index contributed by atoms with van der Waals surface area (Å²) in [5.74, 6) is -0.656. The van der Waals surface area contributed by atoms with Crippen LogP contribution in [-0.2, 0) is 19.1 Å². The van der Waals surface area contributed by atoms with Crippen molar-refractivity contribution in [2.45, 2.75) is 51.0 Å². The number of ether oxygens (including phenoxy) is 1. The Hall–Kier alpha value is -1.63. The molecule has 1 saturated heterocycles. The second kappa shape index (κ2) is 8.86. The Kier molecular flexibility index (Phi) is 6.83. The Bertz CT molecular complexity index is 434. The van der Waals surface area contributed by atoms with Crippen LogP contribution in [0.1, 0.15) is 44.9 Å². The van der Waals surface area contributed by atoms with Crippen molar-refractivity contribution < 1.29 is 24.2 Å². The van der Waals surface area contributed by atoms with E-state index in [1.54, 1.807) is 0 Å². The quantitative estimate of drug-likeness (QED) is 0.720. The van der Waals surface area contributed by atoms with Gasteiger partial charge >= 0.3 is 5.97 Å². The first-order valence-electron chi connectivity index (χ1n) is 8.42. The maximum Gasteiger partial charge on any atom is 0.305 e. The van der Waals surface area contributed by atoms with E-state index < -0.39 is 12.0 Å². The molecule has 23 heavy (non-hydrogen) atoms. The predicted molar refractivity (Wildman–Crippen MR) is 82.8 cm³/mol. The molecule has 2 rings (SSSR count). The van der Waals surface area contributed by atoms with Crippen molar-refractivity contribution in [2.24, 2.45) is 5.92 Å². The van der Waals surface area contributed by atoms with Crippen LogP contribution in [0.3, 0.4) is 0 Å². The van der Waals surface area contributed by atoms with Crippen molar-refractivity contribution in [1.82, 2.24) is 10.2 Å². The highest BCUT2D eigenvalue weighted by Gasteiger charge is 2.29.